The number of thioether (sulfide) groups is 1. The van der Waals surface area contributed by atoms with E-state index in [-0.39, 0.29) is 0 Å². The monoisotopic (exact) mass is 299 g/mol. The lowest BCUT2D eigenvalue weighted by atomic mass is 10.2. The van der Waals surface area contributed by atoms with Gasteiger partial charge in [-0.25, -0.2) is 9.97 Å². The fourth-order valence-corrected chi connectivity index (χ4v) is 3.14. The van der Waals surface area contributed by atoms with Gasteiger partial charge >= 0.3 is 0 Å². The van der Waals surface area contributed by atoms with Crippen molar-refractivity contribution in [1.82, 2.24) is 24.7 Å². The van der Waals surface area contributed by atoms with Crippen LogP contribution >= 0.6 is 11.8 Å². The average Bonchev–Trinajstić information content (AvgIpc) is 2.93. The average molecular weight is 299 g/mol. The Balaban J connectivity index is 1.85. The first kappa shape index (κ1) is 14.0. The third kappa shape index (κ3) is 2.90. The number of hydrogen-bond donors (Lipinski definition) is 0. The minimum absolute atomic E-state index is 0.353. The molecule has 1 aromatic carbocycles. The first-order valence-corrected chi connectivity index (χ1v) is 7.88. The maximum atomic E-state index is 4.71. The molecule has 0 saturated carbocycles. The summed E-state index contributed by atoms with van der Waals surface area (Å²) in [6, 6.07) is 8.30. The molecule has 2 heterocycles. The molecule has 0 aliphatic rings. The van der Waals surface area contributed by atoms with Crippen LogP contribution in [0.15, 0.2) is 35.7 Å². The number of fused-ring (bicyclic) bond motifs is 1. The molecule has 3 rings (SSSR count). The summed E-state index contributed by atoms with van der Waals surface area (Å²) in [6.45, 7) is 6.24. The molecule has 21 heavy (non-hydrogen) atoms. The lowest BCUT2D eigenvalue weighted by molar-refractivity contribution is 0.549. The van der Waals surface area contributed by atoms with Crippen LogP contribution in [-0.2, 0) is 5.75 Å². The molecule has 5 nitrogen and oxygen atoms in total. The van der Waals surface area contributed by atoms with E-state index >= 15 is 0 Å². The Kier molecular flexibility index (Phi) is 3.88. The van der Waals surface area contributed by atoms with Crippen molar-refractivity contribution in [3.8, 4) is 0 Å². The molecule has 0 spiro atoms. The van der Waals surface area contributed by atoms with Crippen molar-refractivity contribution in [2.24, 2.45) is 0 Å². The highest BCUT2D eigenvalue weighted by molar-refractivity contribution is 7.98. The van der Waals surface area contributed by atoms with E-state index < -0.39 is 0 Å². The minimum Gasteiger partial charge on any atom is -0.306 e. The van der Waals surface area contributed by atoms with Crippen molar-refractivity contribution < 1.29 is 0 Å². The molecule has 108 valence electrons. The predicted molar refractivity (Wildman–Crippen MR) is 84.2 cm³/mol. The first-order chi connectivity index (χ1) is 10.1. The lowest BCUT2D eigenvalue weighted by Gasteiger charge is -2.10. The van der Waals surface area contributed by atoms with E-state index in [1.54, 1.807) is 18.1 Å². The third-order valence-electron chi connectivity index (χ3n) is 3.28. The zero-order chi connectivity index (χ0) is 14.8. The Bertz CT molecular complexity index is 766. The first-order valence-electron chi connectivity index (χ1n) is 6.89. The molecular formula is C15H17N5S. The molecule has 0 radical (unpaired) electrons. The zero-order valence-corrected chi connectivity index (χ0v) is 13.1. The molecule has 2 aromatic heterocycles. The molecule has 0 aliphatic carbocycles. The van der Waals surface area contributed by atoms with E-state index in [2.05, 4.69) is 33.6 Å². The Morgan fingerprint density at radius 2 is 1.86 bits per heavy atom. The van der Waals surface area contributed by atoms with E-state index in [1.807, 2.05) is 31.2 Å². The van der Waals surface area contributed by atoms with Gasteiger partial charge in [0.05, 0.1) is 22.4 Å². The van der Waals surface area contributed by atoms with Gasteiger partial charge in [0.15, 0.2) is 5.16 Å². The third-order valence-corrected chi connectivity index (χ3v) is 4.25. The van der Waals surface area contributed by atoms with Gasteiger partial charge in [0.2, 0.25) is 0 Å². The minimum atomic E-state index is 0.353. The van der Waals surface area contributed by atoms with Crippen LogP contribution < -0.4 is 0 Å². The molecule has 3 aromatic rings. The fourth-order valence-electron chi connectivity index (χ4n) is 2.08. The fraction of sp³-hybridized carbons (Fsp3) is 0.333. The number of benzene rings is 1. The summed E-state index contributed by atoms with van der Waals surface area (Å²) in [6.07, 6.45) is 1.77. The highest BCUT2D eigenvalue weighted by Gasteiger charge is 2.11. The summed E-state index contributed by atoms with van der Waals surface area (Å²) < 4.78 is 2.06. The van der Waals surface area contributed by atoms with Crippen molar-refractivity contribution in [2.45, 2.75) is 37.7 Å². The number of aryl methyl sites for hydroxylation is 1. The molecule has 0 bridgehead atoms. The Labute approximate surface area is 127 Å². The van der Waals surface area contributed by atoms with Crippen LogP contribution in [0.4, 0.5) is 0 Å². The second kappa shape index (κ2) is 5.81. The van der Waals surface area contributed by atoms with Crippen LogP contribution in [0, 0.1) is 6.92 Å². The van der Waals surface area contributed by atoms with Crippen molar-refractivity contribution in [1.29, 1.82) is 0 Å². The topological polar surface area (TPSA) is 56.5 Å². The van der Waals surface area contributed by atoms with Crippen molar-refractivity contribution in [2.75, 3.05) is 0 Å². The highest BCUT2D eigenvalue weighted by Crippen LogP contribution is 2.24. The molecule has 0 aliphatic heterocycles. The molecular weight excluding hydrogens is 282 g/mol. The van der Waals surface area contributed by atoms with Gasteiger partial charge < -0.3 is 4.57 Å². The summed E-state index contributed by atoms with van der Waals surface area (Å²) in [4.78, 5) is 9.32. The van der Waals surface area contributed by atoms with Gasteiger partial charge in [-0.05, 0) is 32.9 Å². The van der Waals surface area contributed by atoms with Gasteiger partial charge in [0.1, 0.15) is 6.33 Å². The van der Waals surface area contributed by atoms with E-state index in [0.29, 0.717) is 6.04 Å². The Morgan fingerprint density at radius 1 is 1.14 bits per heavy atom. The number of nitrogens with zero attached hydrogens (tertiary/aromatic N) is 5. The second-order valence-electron chi connectivity index (χ2n) is 5.15. The Hall–Kier alpha value is -1.95. The van der Waals surface area contributed by atoms with Crippen LogP contribution in [0.25, 0.3) is 11.0 Å². The number of aromatic nitrogens is 5. The molecule has 0 atom stereocenters. The lowest BCUT2D eigenvalue weighted by Crippen LogP contribution is -2.02. The van der Waals surface area contributed by atoms with Gasteiger partial charge in [0.25, 0.3) is 0 Å². The quantitative estimate of drug-likeness (QED) is 0.691. The molecule has 0 unspecified atom stereocenters. The standard InChI is InChI=1S/C15H17N5S/c1-10(2)20-9-16-19-15(20)21-8-14-11(3)17-12-6-4-5-7-13(12)18-14/h4-7,9-10H,8H2,1-3H3. The van der Waals surface area contributed by atoms with Crippen LogP contribution in [0.3, 0.4) is 0 Å². The highest BCUT2D eigenvalue weighted by atomic mass is 32.2. The summed E-state index contributed by atoms with van der Waals surface area (Å²) in [5.74, 6) is 0.745. The maximum absolute atomic E-state index is 4.71. The van der Waals surface area contributed by atoms with Gasteiger partial charge in [0, 0.05) is 11.8 Å². The van der Waals surface area contributed by atoms with E-state index in [0.717, 1.165) is 33.3 Å². The van der Waals surface area contributed by atoms with Crippen molar-refractivity contribution in [3.63, 3.8) is 0 Å². The normalized spacial score (nSPS) is 11.4. The van der Waals surface area contributed by atoms with Gasteiger partial charge in [-0.2, -0.15) is 0 Å². The predicted octanol–water partition coefficient (Wildman–Crippen LogP) is 3.40. The van der Waals surface area contributed by atoms with E-state index in [1.165, 1.54) is 0 Å². The van der Waals surface area contributed by atoms with E-state index in [9.17, 15) is 0 Å². The largest absolute Gasteiger partial charge is 0.306 e. The van der Waals surface area contributed by atoms with Crippen molar-refractivity contribution in [3.05, 3.63) is 42.0 Å². The van der Waals surface area contributed by atoms with E-state index in [4.69, 9.17) is 4.98 Å². The molecule has 0 N–H and O–H groups in total. The summed E-state index contributed by atoms with van der Waals surface area (Å²) in [7, 11) is 0. The van der Waals surface area contributed by atoms with Crippen molar-refractivity contribution >= 4 is 22.8 Å². The molecule has 0 amide bonds. The molecule has 0 saturated heterocycles. The van der Waals surface area contributed by atoms with Gasteiger partial charge in [-0.1, -0.05) is 23.9 Å². The number of hydrogen-bond acceptors (Lipinski definition) is 5. The summed E-state index contributed by atoms with van der Waals surface area (Å²) in [5.41, 5.74) is 3.84. The van der Waals surface area contributed by atoms with Crippen LogP contribution in [-0.4, -0.2) is 24.7 Å². The summed E-state index contributed by atoms with van der Waals surface area (Å²) >= 11 is 1.64. The Morgan fingerprint density at radius 3 is 2.57 bits per heavy atom. The summed E-state index contributed by atoms with van der Waals surface area (Å²) in [5, 5.41) is 9.07. The van der Waals surface area contributed by atoms with Crippen LogP contribution in [0.5, 0.6) is 0 Å². The number of para-hydroxylation sites is 2. The van der Waals surface area contributed by atoms with Crippen LogP contribution in [0.1, 0.15) is 31.3 Å². The number of rotatable bonds is 4. The van der Waals surface area contributed by atoms with Gasteiger partial charge in [-0.15, -0.1) is 10.2 Å². The zero-order valence-electron chi connectivity index (χ0n) is 12.3. The van der Waals surface area contributed by atoms with Gasteiger partial charge in [-0.3, -0.25) is 0 Å². The SMILES string of the molecule is Cc1nc2ccccc2nc1CSc1nncn1C(C)C. The molecule has 6 heteroatoms. The smallest absolute Gasteiger partial charge is 0.191 e. The van der Waals surface area contributed by atoms with Crippen LogP contribution in [0.2, 0.25) is 0 Å². The molecule has 0 fully saturated rings. The maximum Gasteiger partial charge on any atom is 0.191 e. The second-order valence-corrected chi connectivity index (χ2v) is 6.09.